The van der Waals surface area contributed by atoms with Gasteiger partial charge in [0.15, 0.2) is 0 Å². The van der Waals surface area contributed by atoms with Crippen LogP contribution in [-0.2, 0) is 0 Å². The first kappa shape index (κ1) is 12.0. The van der Waals surface area contributed by atoms with Gasteiger partial charge in [0.1, 0.15) is 5.75 Å². The standard InChI is InChI=1S/C8H9NO2.CH3Br/c1-9-8(10)11-7-5-3-2-4-6-7;1-2/h2-6H,1H3,(H,9,10);1H3. The lowest BCUT2D eigenvalue weighted by atomic mass is 10.3. The summed E-state index contributed by atoms with van der Waals surface area (Å²) in [7, 11) is 1.52. The molecule has 1 aromatic rings. The predicted molar refractivity (Wildman–Crippen MR) is 56.4 cm³/mol. The number of nitrogens with one attached hydrogen (secondary N) is 1. The van der Waals surface area contributed by atoms with Crippen molar-refractivity contribution >= 4 is 22.0 Å². The van der Waals surface area contributed by atoms with Gasteiger partial charge in [-0.3, -0.25) is 0 Å². The molecule has 0 aromatic heterocycles. The van der Waals surface area contributed by atoms with E-state index in [0.717, 1.165) is 0 Å². The number of amides is 1. The molecule has 1 aromatic carbocycles. The molecule has 0 unspecified atom stereocenters. The zero-order valence-electron chi connectivity index (χ0n) is 7.58. The molecule has 0 radical (unpaired) electrons. The van der Waals surface area contributed by atoms with Gasteiger partial charge in [-0.2, -0.15) is 0 Å². The van der Waals surface area contributed by atoms with Crippen LogP contribution < -0.4 is 10.1 Å². The van der Waals surface area contributed by atoms with E-state index >= 15 is 0 Å². The van der Waals surface area contributed by atoms with Crippen LogP contribution in [0.15, 0.2) is 30.3 Å². The molecule has 0 saturated heterocycles. The van der Waals surface area contributed by atoms with Crippen LogP contribution in [0.3, 0.4) is 0 Å². The monoisotopic (exact) mass is 245 g/mol. The summed E-state index contributed by atoms with van der Waals surface area (Å²) in [5.41, 5.74) is 0. The predicted octanol–water partition coefficient (Wildman–Crippen LogP) is 2.42. The highest BCUT2D eigenvalue weighted by atomic mass is 79.9. The molecule has 0 saturated carbocycles. The Morgan fingerprint density at radius 1 is 1.31 bits per heavy atom. The van der Waals surface area contributed by atoms with Crippen LogP contribution in [0.5, 0.6) is 5.75 Å². The number of rotatable bonds is 1. The molecule has 1 rings (SSSR count). The molecule has 72 valence electrons. The number of carbonyl (C=O) groups excluding carboxylic acids is 1. The number of carbonyl (C=O) groups is 1. The lowest BCUT2D eigenvalue weighted by molar-refractivity contribution is 0.203. The van der Waals surface area contributed by atoms with Crippen molar-refractivity contribution in [2.45, 2.75) is 0 Å². The van der Waals surface area contributed by atoms with Gasteiger partial charge in [0.2, 0.25) is 0 Å². The Labute approximate surface area is 86.2 Å². The van der Waals surface area contributed by atoms with E-state index in [1.165, 1.54) is 7.05 Å². The molecule has 1 amide bonds. The van der Waals surface area contributed by atoms with Gasteiger partial charge in [0.25, 0.3) is 0 Å². The number of alkyl halides is 1. The number of ether oxygens (including phenoxy) is 1. The Hall–Kier alpha value is -1.03. The van der Waals surface area contributed by atoms with Crippen LogP contribution in [0.25, 0.3) is 0 Å². The second-order valence-electron chi connectivity index (χ2n) is 1.95. The van der Waals surface area contributed by atoms with E-state index in [2.05, 4.69) is 21.2 Å². The van der Waals surface area contributed by atoms with E-state index < -0.39 is 6.09 Å². The molecule has 0 bridgehead atoms. The molecule has 4 heteroatoms. The van der Waals surface area contributed by atoms with E-state index in [1.54, 1.807) is 24.3 Å². The third kappa shape index (κ3) is 5.25. The van der Waals surface area contributed by atoms with Crippen LogP contribution >= 0.6 is 15.9 Å². The van der Waals surface area contributed by atoms with Crippen molar-refractivity contribution < 1.29 is 9.53 Å². The van der Waals surface area contributed by atoms with Crippen molar-refractivity contribution in [1.29, 1.82) is 0 Å². The Morgan fingerprint density at radius 3 is 2.31 bits per heavy atom. The quantitative estimate of drug-likeness (QED) is 0.773. The Balaban J connectivity index is 0.000000671. The zero-order chi connectivity index (χ0) is 10.1. The Kier molecular flexibility index (Phi) is 7.01. The van der Waals surface area contributed by atoms with Gasteiger partial charge < -0.3 is 10.1 Å². The molecule has 0 heterocycles. The first-order valence-electron chi connectivity index (χ1n) is 3.65. The highest BCUT2D eigenvalue weighted by molar-refractivity contribution is 9.08. The molecule has 0 spiro atoms. The van der Waals surface area contributed by atoms with Gasteiger partial charge in [0, 0.05) is 7.05 Å². The molecule has 1 N–H and O–H groups in total. The number of hydrogen-bond acceptors (Lipinski definition) is 2. The molecule has 0 aliphatic heterocycles. The summed E-state index contributed by atoms with van der Waals surface area (Å²) in [6.07, 6.45) is -0.448. The van der Waals surface area contributed by atoms with E-state index in [0.29, 0.717) is 5.75 Å². The summed E-state index contributed by atoms with van der Waals surface area (Å²) >= 11 is 2.94. The zero-order valence-corrected chi connectivity index (χ0v) is 9.17. The number of benzene rings is 1. The largest absolute Gasteiger partial charge is 0.412 e. The summed E-state index contributed by atoms with van der Waals surface area (Å²) in [5.74, 6) is 2.36. The molecular weight excluding hydrogens is 234 g/mol. The molecule has 0 aliphatic carbocycles. The third-order valence-electron chi connectivity index (χ3n) is 1.16. The fraction of sp³-hybridized carbons (Fsp3) is 0.222. The number of para-hydroxylation sites is 1. The van der Waals surface area contributed by atoms with Crippen LogP contribution in [0, 0.1) is 0 Å². The minimum absolute atomic E-state index is 0.448. The Bertz CT molecular complexity index is 239. The van der Waals surface area contributed by atoms with Crippen LogP contribution in [0.2, 0.25) is 0 Å². The average molecular weight is 246 g/mol. The number of hydrogen-bond donors (Lipinski definition) is 1. The lowest BCUT2D eigenvalue weighted by Gasteiger charge is -2.00. The van der Waals surface area contributed by atoms with Gasteiger partial charge in [0.05, 0.1) is 0 Å². The minimum atomic E-state index is -0.448. The summed E-state index contributed by atoms with van der Waals surface area (Å²) in [6, 6.07) is 8.90. The van der Waals surface area contributed by atoms with Crippen LogP contribution in [-0.4, -0.2) is 19.0 Å². The summed E-state index contributed by atoms with van der Waals surface area (Å²) < 4.78 is 4.81. The van der Waals surface area contributed by atoms with Crippen LogP contribution in [0.4, 0.5) is 4.79 Å². The van der Waals surface area contributed by atoms with E-state index in [4.69, 9.17) is 4.74 Å². The first-order chi connectivity index (χ1) is 6.33. The van der Waals surface area contributed by atoms with Crippen LogP contribution in [0.1, 0.15) is 0 Å². The van der Waals surface area contributed by atoms with Gasteiger partial charge in [-0.1, -0.05) is 34.1 Å². The van der Waals surface area contributed by atoms with Crippen molar-refractivity contribution in [1.82, 2.24) is 5.32 Å². The normalized spacial score (nSPS) is 7.92. The lowest BCUT2D eigenvalue weighted by Crippen LogP contribution is -2.21. The summed E-state index contributed by atoms with van der Waals surface area (Å²) in [6.45, 7) is 0. The van der Waals surface area contributed by atoms with Crippen molar-refractivity contribution in [3.8, 4) is 5.75 Å². The van der Waals surface area contributed by atoms with Gasteiger partial charge >= 0.3 is 6.09 Å². The molecule has 13 heavy (non-hydrogen) atoms. The van der Waals surface area contributed by atoms with Gasteiger partial charge in [-0.15, -0.1) is 0 Å². The highest BCUT2D eigenvalue weighted by Crippen LogP contribution is 2.07. The maximum absolute atomic E-state index is 10.6. The number of halogens is 1. The highest BCUT2D eigenvalue weighted by Gasteiger charge is 1.97. The molecule has 0 aliphatic rings. The van der Waals surface area contributed by atoms with E-state index in [-0.39, 0.29) is 0 Å². The molecule has 0 fully saturated rings. The third-order valence-corrected chi connectivity index (χ3v) is 1.16. The fourth-order valence-corrected chi connectivity index (χ4v) is 0.647. The van der Waals surface area contributed by atoms with Crippen molar-refractivity contribution in [3.63, 3.8) is 0 Å². The maximum Gasteiger partial charge on any atom is 0.412 e. The minimum Gasteiger partial charge on any atom is -0.410 e. The summed E-state index contributed by atoms with van der Waals surface area (Å²) in [4.78, 5) is 10.6. The second-order valence-corrected chi connectivity index (χ2v) is 1.95. The average Bonchev–Trinajstić information content (AvgIpc) is 2.22. The topological polar surface area (TPSA) is 38.3 Å². The first-order valence-corrected chi connectivity index (χ1v) is 5.24. The maximum atomic E-state index is 10.6. The van der Waals surface area contributed by atoms with Gasteiger partial charge in [-0.05, 0) is 18.0 Å². The molecular formula is C9H12BrNO2. The van der Waals surface area contributed by atoms with Crippen molar-refractivity contribution in [3.05, 3.63) is 30.3 Å². The second kappa shape index (κ2) is 7.61. The van der Waals surface area contributed by atoms with Crippen molar-refractivity contribution in [2.75, 3.05) is 12.9 Å². The Morgan fingerprint density at radius 2 is 1.85 bits per heavy atom. The fourth-order valence-electron chi connectivity index (χ4n) is 0.647. The molecule has 3 nitrogen and oxygen atoms in total. The SMILES string of the molecule is CBr.CNC(=O)Oc1ccccc1. The van der Waals surface area contributed by atoms with E-state index in [1.807, 2.05) is 11.9 Å². The summed E-state index contributed by atoms with van der Waals surface area (Å²) in [5, 5.41) is 2.35. The van der Waals surface area contributed by atoms with E-state index in [9.17, 15) is 4.79 Å². The van der Waals surface area contributed by atoms with Gasteiger partial charge in [-0.25, -0.2) is 4.79 Å². The smallest absolute Gasteiger partial charge is 0.410 e. The van der Waals surface area contributed by atoms with Crippen molar-refractivity contribution in [2.24, 2.45) is 0 Å². The molecule has 0 atom stereocenters.